The Morgan fingerprint density at radius 1 is 1.57 bits per heavy atom. The molecule has 0 saturated carbocycles. The molecule has 1 heterocycles. The molecule has 1 aliphatic rings. The zero-order valence-corrected chi connectivity index (χ0v) is 9.67. The van der Waals surface area contributed by atoms with Crippen molar-refractivity contribution in [2.24, 2.45) is 0 Å². The number of benzene rings is 1. The van der Waals surface area contributed by atoms with Crippen molar-refractivity contribution in [2.45, 2.75) is 16.8 Å². The van der Waals surface area contributed by atoms with Crippen molar-refractivity contribution in [2.75, 3.05) is 5.75 Å². The van der Waals surface area contributed by atoms with Crippen LogP contribution in [0.5, 0.6) is 0 Å². The molecule has 0 bridgehead atoms. The maximum Gasteiger partial charge on any atom is 0.166 e. The van der Waals surface area contributed by atoms with Gasteiger partial charge < -0.3 is 0 Å². The molecule has 2 unspecified atom stereocenters. The molecule has 0 spiro atoms. The van der Waals surface area contributed by atoms with Crippen LogP contribution >= 0.6 is 35.0 Å². The minimum absolute atomic E-state index is 0.545. The minimum Gasteiger partial charge on any atom is -0.234 e. The normalized spacial score (nSPS) is 31.2. The van der Waals surface area contributed by atoms with Gasteiger partial charge in [0.2, 0.25) is 0 Å². The molecule has 1 saturated heterocycles. The van der Waals surface area contributed by atoms with Gasteiger partial charge in [0, 0.05) is 10.8 Å². The van der Waals surface area contributed by atoms with E-state index >= 15 is 0 Å². The average Bonchev–Trinajstić information content (AvgIpc) is 2.15. The van der Waals surface area contributed by atoms with Gasteiger partial charge in [-0.1, -0.05) is 23.7 Å². The van der Waals surface area contributed by atoms with Crippen molar-refractivity contribution >= 4 is 35.0 Å². The first-order valence-corrected chi connectivity index (χ1v) is 6.10. The van der Waals surface area contributed by atoms with E-state index in [-0.39, 0.29) is 0 Å². The highest BCUT2D eigenvalue weighted by atomic mass is 35.5. The predicted octanol–water partition coefficient (Wildman–Crippen LogP) is 3.90. The summed E-state index contributed by atoms with van der Waals surface area (Å²) in [5, 5.41) is 0.671. The van der Waals surface area contributed by atoms with E-state index in [0.29, 0.717) is 17.2 Å². The van der Waals surface area contributed by atoms with Crippen LogP contribution in [0.1, 0.15) is 5.56 Å². The van der Waals surface area contributed by atoms with E-state index in [0.717, 1.165) is 5.56 Å². The summed E-state index contributed by atoms with van der Waals surface area (Å²) in [5.41, 5.74) is 0.0404. The molecule has 76 valence electrons. The molecule has 1 fully saturated rings. The molecule has 0 amide bonds. The lowest BCUT2D eigenvalue weighted by molar-refractivity contribution is 0.343. The molecule has 14 heavy (non-hydrogen) atoms. The van der Waals surface area contributed by atoms with Crippen molar-refractivity contribution in [3.63, 3.8) is 0 Å². The van der Waals surface area contributed by atoms with Gasteiger partial charge >= 0.3 is 0 Å². The molecule has 1 aromatic carbocycles. The van der Waals surface area contributed by atoms with Crippen molar-refractivity contribution < 1.29 is 4.39 Å². The molecule has 0 nitrogen and oxygen atoms in total. The van der Waals surface area contributed by atoms with Crippen LogP contribution in [-0.2, 0) is 6.42 Å². The number of thioether (sulfide) groups is 1. The second-order valence-electron chi connectivity index (χ2n) is 3.47. The Morgan fingerprint density at radius 3 is 2.86 bits per heavy atom. The third-order valence-corrected chi connectivity index (χ3v) is 4.67. The Balaban J connectivity index is 2.11. The highest BCUT2D eigenvalue weighted by Gasteiger charge is 2.46. The van der Waals surface area contributed by atoms with E-state index in [9.17, 15) is 4.39 Å². The highest BCUT2D eigenvalue weighted by Crippen LogP contribution is 2.46. The smallest absolute Gasteiger partial charge is 0.166 e. The predicted molar refractivity (Wildman–Crippen MR) is 61.1 cm³/mol. The minimum atomic E-state index is -0.955. The third-order valence-electron chi connectivity index (χ3n) is 2.26. The Labute approximate surface area is 96.8 Å². The number of rotatable bonds is 2. The zero-order chi connectivity index (χ0) is 10.2. The van der Waals surface area contributed by atoms with Crippen molar-refractivity contribution in [1.29, 1.82) is 0 Å². The molecule has 0 aromatic heterocycles. The van der Waals surface area contributed by atoms with Crippen LogP contribution in [0.4, 0.5) is 4.39 Å². The molecule has 0 aliphatic carbocycles. The summed E-state index contributed by atoms with van der Waals surface area (Å²) in [6.45, 7) is 0. The van der Waals surface area contributed by atoms with Gasteiger partial charge in [-0.15, -0.1) is 23.4 Å². The monoisotopic (exact) mass is 250 g/mol. The van der Waals surface area contributed by atoms with E-state index in [1.54, 1.807) is 6.07 Å². The number of hydrogen-bond donors (Lipinski definition) is 0. The third kappa shape index (κ3) is 2.02. The lowest BCUT2D eigenvalue weighted by atomic mass is 10.0. The second kappa shape index (κ2) is 3.92. The van der Waals surface area contributed by atoms with Gasteiger partial charge in [-0.2, -0.15) is 0 Å². The summed E-state index contributed by atoms with van der Waals surface area (Å²) in [6.07, 6.45) is 0.545. The number of alkyl halides is 2. The van der Waals surface area contributed by atoms with Crippen LogP contribution in [0.3, 0.4) is 0 Å². The first kappa shape index (κ1) is 10.6. The summed E-state index contributed by atoms with van der Waals surface area (Å²) in [4.78, 5) is -0.713. The van der Waals surface area contributed by atoms with Crippen molar-refractivity contribution in [3.8, 4) is 0 Å². The second-order valence-corrected chi connectivity index (χ2v) is 5.69. The lowest BCUT2D eigenvalue weighted by Crippen LogP contribution is -2.45. The SMILES string of the molecule is FC1SCC1(Cl)Cc1cccc(Cl)c1. The van der Waals surface area contributed by atoms with Gasteiger partial charge in [0.1, 0.15) is 0 Å². The standard InChI is InChI=1S/C10H9Cl2FS/c11-8-3-1-2-7(4-8)5-10(12)6-14-9(10)13/h1-4,9H,5-6H2. The summed E-state index contributed by atoms with van der Waals surface area (Å²) in [5.74, 6) is 0.669. The Bertz CT molecular complexity index is 345. The molecule has 2 atom stereocenters. The first-order chi connectivity index (χ1) is 6.60. The van der Waals surface area contributed by atoms with Gasteiger partial charge in [0.05, 0.1) is 4.87 Å². The molecule has 2 rings (SSSR count). The van der Waals surface area contributed by atoms with Crippen LogP contribution < -0.4 is 0 Å². The zero-order valence-electron chi connectivity index (χ0n) is 7.34. The topological polar surface area (TPSA) is 0 Å². The number of hydrogen-bond acceptors (Lipinski definition) is 1. The van der Waals surface area contributed by atoms with Crippen LogP contribution in [-0.4, -0.2) is 16.1 Å². The lowest BCUT2D eigenvalue weighted by Gasteiger charge is -2.38. The molecule has 1 aromatic rings. The van der Waals surface area contributed by atoms with Gasteiger partial charge in [-0.25, -0.2) is 4.39 Å². The maximum atomic E-state index is 13.2. The van der Waals surface area contributed by atoms with E-state index < -0.39 is 10.4 Å². The fourth-order valence-electron chi connectivity index (χ4n) is 1.44. The molecule has 0 N–H and O–H groups in total. The maximum absolute atomic E-state index is 13.2. The van der Waals surface area contributed by atoms with Crippen molar-refractivity contribution in [1.82, 2.24) is 0 Å². The van der Waals surface area contributed by atoms with Crippen LogP contribution in [0, 0.1) is 0 Å². The molecular weight excluding hydrogens is 242 g/mol. The summed E-state index contributed by atoms with van der Waals surface area (Å²) in [7, 11) is 0. The Kier molecular flexibility index (Phi) is 2.96. The highest BCUT2D eigenvalue weighted by molar-refractivity contribution is 8.01. The average molecular weight is 251 g/mol. The van der Waals surface area contributed by atoms with E-state index in [2.05, 4.69) is 0 Å². The Hall–Kier alpha value is 0.0800. The molecule has 4 heteroatoms. The largest absolute Gasteiger partial charge is 0.234 e. The van der Waals surface area contributed by atoms with Gasteiger partial charge in [-0.3, -0.25) is 0 Å². The fraction of sp³-hybridized carbons (Fsp3) is 0.400. The van der Waals surface area contributed by atoms with Gasteiger partial charge in [0.15, 0.2) is 5.50 Å². The van der Waals surface area contributed by atoms with E-state index in [1.165, 1.54) is 11.8 Å². The summed E-state index contributed by atoms with van der Waals surface area (Å²) in [6, 6.07) is 7.42. The summed E-state index contributed by atoms with van der Waals surface area (Å²) < 4.78 is 13.2. The Morgan fingerprint density at radius 2 is 2.36 bits per heavy atom. The van der Waals surface area contributed by atoms with Gasteiger partial charge in [0.25, 0.3) is 0 Å². The van der Waals surface area contributed by atoms with Crippen LogP contribution in [0.15, 0.2) is 24.3 Å². The van der Waals surface area contributed by atoms with Crippen LogP contribution in [0.2, 0.25) is 5.02 Å². The van der Waals surface area contributed by atoms with E-state index in [4.69, 9.17) is 23.2 Å². The first-order valence-electron chi connectivity index (χ1n) is 4.29. The molecular formula is C10H9Cl2FS. The van der Waals surface area contributed by atoms with Gasteiger partial charge in [-0.05, 0) is 24.1 Å². The van der Waals surface area contributed by atoms with Crippen LogP contribution in [0.25, 0.3) is 0 Å². The molecule has 0 radical (unpaired) electrons. The molecule has 1 aliphatic heterocycles. The van der Waals surface area contributed by atoms with Crippen molar-refractivity contribution in [3.05, 3.63) is 34.9 Å². The quantitative estimate of drug-likeness (QED) is 0.718. The fourth-order valence-corrected chi connectivity index (χ4v) is 3.03. The summed E-state index contributed by atoms with van der Waals surface area (Å²) >= 11 is 13.2. The van der Waals surface area contributed by atoms with E-state index in [1.807, 2.05) is 18.2 Å². The number of halogens is 3.